The van der Waals surface area contributed by atoms with Gasteiger partial charge in [0.1, 0.15) is 23.5 Å². The Morgan fingerprint density at radius 2 is 1.48 bits per heavy atom. The second kappa shape index (κ2) is 7.50. The minimum atomic E-state index is 0.842. The van der Waals surface area contributed by atoms with E-state index in [1.54, 1.807) is 20.5 Å². The van der Waals surface area contributed by atoms with Crippen molar-refractivity contribution in [2.75, 3.05) is 14.2 Å². The first-order chi connectivity index (χ1) is 13.3. The molecule has 2 aromatic heterocycles. The zero-order chi connectivity index (χ0) is 18.6. The van der Waals surface area contributed by atoms with Gasteiger partial charge in [-0.3, -0.25) is 0 Å². The summed E-state index contributed by atoms with van der Waals surface area (Å²) in [6.45, 7) is 0. The molecular weight excluding hydrogens is 338 g/mol. The molecule has 0 bridgehead atoms. The maximum Gasteiger partial charge on any atom is 0.141 e. The molecule has 0 aliphatic heterocycles. The molecule has 136 valence electrons. The number of fused-ring (bicyclic) bond motifs is 1. The number of H-pyrrole nitrogens is 1. The van der Waals surface area contributed by atoms with Crippen LogP contribution in [0.1, 0.15) is 11.3 Å². The number of aryl methyl sites for hydroxylation is 2. The molecule has 0 radical (unpaired) electrons. The van der Waals surface area contributed by atoms with Crippen LogP contribution in [0, 0.1) is 0 Å². The summed E-state index contributed by atoms with van der Waals surface area (Å²) in [7, 11) is 3.35. The number of ether oxygens (including phenoxy) is 2. The predicted octanol–water partition coefficient (Wildman–Crippen LogP) is 4.43. The van der Waals surface area contributed by atoms with Crippen molar-refractivity contribution < 1.29 is 9.47 Å². The Kier molecular flexibility index (Phi) is 4.75. The van der Waals surface area contributed by atoms with Gasteiger partial charge in [-0.25, -0.2) is 9.97 Å². The van der Waals surface area contributed by atoms with E-state index in [-0.39, 0.29) is 0 Å². The zero-order valence-electron chi connectivity index (χ0n) is 15.4. The smallest absolute Gasteiger partial charge is 0.141 e. The van der Waals surface area contributed by atoms with Crippen molar-refractivity contribution in [1.29, 1.82) is 0 Å². The van der Waals surface area contributed by atoms with Gasteiger partial charge in [0, 0.05) is 11.1 Å². The Bertz CT molecular complexity index is 1040. The molecule has 1 N–H and O–H groups in total. The van der Waals surface area contributed by atoms with Crippen LogP contribution in [0.4, 0.5) is 0 Å². The van der Waals surface area contributed by atoms with Crippen molar-refractivity contribution in [3.8, 4) is 22.8 Å². The molecule has 0 aliphatic carbocycles. The van der Waals surface area contributed by atoms with Gasteiger partial charge in [-0.2, -0.15) is 0 Å². The monoisotopic (exact) mass is 359 g/mol. The fourth-order valence-electron chi connectivity index (χ4n) is 3.17. The fourth-order valence-corrected chi connectivity index (χ4v) is 3.17. The van der Waals surface area contributed by atoms with Crippen LogP contribution in [-0.2, 0) is 12.8 Å². The maximum absolute atomic E-state index is 5.23. The quantitative estimate of drug-likeness (QED) is 0.553. The van der Waals surface area contributed by atoms with E-state index in [9.17, 15) is 0 Å². The third-order valence-electron chi connectivity index (χ3n) is 4.72. The summed E-state index contributed by atoms with van der Waals surface area (Å²) in [5.41, 5.74) is 5.29. The molecule has 27 heavy (non-hydrogen) atoms. The number of rotatable bonds is 6. The van der Waals surface area contributed by atoms with E-state index >= 15 is 0 Å². The molecule has 0 unspecified atom stereocenters. The van der Waals surface area contributed by atoms with Crippen LogP contribution >= 0.6 is 0 Å². The van der Waals surface area contributed by atoms with E-state index in [4.69, 9.17) is 9.47 Å². The highest BCUT2D eigenvalue weighted by molar-refractivity contribution is 5.84. The summed E-state index contributed by atoms with van der Waals surface area (Å²) in [5, 5.41) is 1.07. The van der Waals surface area contributed by atoms with Crippen LogP contribution in [0.3, 0.4) is 0 Å². The van der Waals surface area contributed by atoms with E-state index in [0.29, 0.717) is 0 Å². The Balaban J connectivity index is 1.58. The lowest BCUT2D eigenvalue weighted by molar-refractivity contribution is 0.414. The molecule has 0 atom stereocenters. The zero-order valence-corrected chi connectivity index (χ0v) is 15.4. The SMILES string of the molecule is COc1ccc(CCc2ncnc3[nH]c(-c4ccc(OC)cc4)cc23)cc1. The molecule has 0 aliphatic rings. The second-order valence-corrected chi connectivity index (χ2v) is 6.34. The Labute approximate surface area is 158 Å². The summed E-state index contributed by atoms with van der Waals surface area (Å²) in [6, 6.07) is 18.3. The largest absolute Gasteiger partial charge is 0.497 e. The average molecular weight is 359 g/mol. The Morgan fingerprint density at radius 1 is 0.815 bits per heavy atom. The number of nitrogens with zero attached hydrogens (tertiary/aromatic N) is 2. The first-order valence-corrected chi connectivity index (χ1v) is 8.87. The van der Waals surface area contributed by atoms with Gasteiger partial charge in [0.2, 0.25) is 0 Å². The summed E-state index contributed by atoms with van der Waals surface area (Å²) in [5.74, 6) is 1.72. The third-order valence-corrected chi connectivity index (χ3v) is 4.72. The molecule has 0 amide bonds. The van der Waals surface area contributed by atoms with Gasteiger partial charge in [-0.05, 0) is 66.4 Å². The van der Waals surface area contributed by atoms with Crippen molar-refractivity contribution in [3.05, 3.63) is 72.2 Å². The summed E-state index contributed by atoms with van der Waals surface area (Å²) >= 11 is 0. The molecule has 2 heterocycles. The minimum Gasteiger partial charge on any atom is -0.497 e. The van der Waals surface area contributed by atoms with Crippen molar-refractivity contribution >= 4 is 11.0 Å². The lowest BCUT2D eigenvalue weighted by Gasteiger charge is -2.04. The van der Waals surface area contributed by atoms with Gasteiger partial charge in [0.05, 0.1) is 19.9 Å². The van der Waals surface area contributed by atoms with Crippen molar-refractivity contribution in [3.63, 3.8) is 0 Å². The first kappa shape index (κ1) is 17.1. The van der Waals surface area contributed by atoms with E-state index in [0.717, 1.165) is 52.3 Å². The second-order valence-electron chi connectivity index (χ2n) is 6.34. The van der Waals surface area contributed by atoms with Gasteiger partial charge >= 0.3 is 0 Å². The molecule has 0 fully saturated rings. The van der Waals surface area contributed by atoms with Crippen molar-refractivity contribution in [1.82, 2.24) is 15.0 Å². The van der Waals surface area contributed by atoms with Crippen LogP contribution in [-0.4, -0.2) is 29.2 Å². The lowest BCUT2D eigenvalue weighted by Crippen LogP contribution is -1.96. The molecule has 4 aromatic rings. The number of methoxy groups -OCH3 is 2. The molecule has 0 spiro atoms. The van der Waals surface area contributed by atoms with Gasteiger partial charge < -0.3 is 14.5 Å². The third kappa shape index (κ3) is 3.62. The fraction of sp³-hybridized carbons (Fsp3) is 0.182. The number of hydrogen-bond donors (Lipinski definition) is 1. The highest BCUT2D eigenvalue weighted by Crippen LogP contribution is 2.26. The van der Waals surface area contributed by atoms with Gasteiger partial charge in [0.15, 0.2) is 0 Å². The topological polar surface area (TPSA) is 60.0 Å². The molecule has 5 nitrogen and oxygen atoms in total. The first-order valence-electron chi connectivity index (χ1n) is 8.87. The minimum absolute atomic E-state index is 0.842. The number of aromatic nitrogens is 3. The molecule has 5 heteroatoms. The molecule has 4 rings (SSSR count). The van der Waals surface area contributed by atoms with E-state index in [1.165, 1.54) is 5.56 Å². The van der Waals surface area contributed by atoms with Crippen molar-refractivity contribution in [2.24, 2.45) is 0 Å². The lowest BCUT2D eigenvalue weighted by atomic mass is 10.1. The predicted molar refractivity (Wildman–Crippen MR) is 106 cm³/mol. The van der Waals surface area contributed by atoms with Gasteiger partial charge in [-0.15, -0.1) is 0 Å². The molecule has 0 saturated heterocycles. The maximum atomic E-state index is 5.23. The number of hydrogen-bond acceptors (Lipinski definition) is 4. The Morgan fingerprint density at radius 3 is 2.15 bits per heavy atom. The summed E-state index contributed by atoms with van der Waals surface area (Å²) in [4.78, 5) is 12.3. The van der Waals surface area contributed by atoms with Gasteiger partial charge in [0.25, 0.3) is 0 Å². The molecule has 2 aromatic carbocycles. The standard InChI is InChI=1S/C22H21N3O2/c1-26-17-8-3-15(4-9-17)5-12-20-19-13-21(25-22(19)24-14-23-20)16-6-10-18(27-2)11-7-16/h3-4,6-11,13-14H,5,12H2,1-2H3,(H,23,24,25). The Hall–Kier alpha value is -3.34. The van der Waals surface area contributed by atoms with E-state index < -0.39 is 0 Å². The van der Waals surface area contributed by atoms with Crippen LogP contribution in [0.25, 0.3) is 22.3 Å². The highest BCUT2D eigenvalue weighted by atomic mass is 16.5. The number of aromatic amines is 1. The van der Waals surface area contributed by atoms with Crippen LogP contribution in [0.5, 0.6) is 11.5 Å². The van der Waals surface area contributed by atoms with Crippen LogP contribution < -0.4 is 9.47 Å². The summed E-state index contributed by atoms with van der Waals surface area (Å²) in [6.07, 6.45) is 3.39. The molecular formula is C22H21N3O2. The average Bonchev–Trinajstić information content (AvgIpc) is 3.17. The van der Waals surface area contributed by atoms with E-state index in [2.05, 4.69) is 33.2 Å². The van der Waals surface area contributed by atoms with Gasteiger partial charge in [-0.1, -0.05) is 12.1 Å². The normalized spacial score (nSPS) is 10.9. The highest BCUT2D eigenvalue weighted by Gasteiger charge is 2.10. The number of benzene rings is 2. The van der Waals surface area contributed by atoms with Crippen LogP contribution in [0.15, 0.2) is 60.9 Å². The van der Waals surface area contributed by atoms with E-state index in [1.807, 2.05) is 36.4 Å². The molecule has 0 saturated carbocycles. The number of nitrogens with one attached hydrogen (secondary N) is 1. The van der Waals surface area contributed by atoms with Crippen molar-refractivity contribution in [2.45, 2.75) is 12.8 Å². The van der Waals surface area contributed by atoms with Crippen LogP contribution in [0.2, 0.25) is 0 Å². The summed E-state index contributed by atoms with van der Waals surface area (Å²) < 4.78 is 10.4.